The quantitative estimate of drug-likeness (QED) is 0.404. The van der Waals surface area contributed by atoms with E-state index in [0.717, 1.165) is 6.07 Å². The van der Waals surface area contributed by atoms with Gasteiger partial charge in [0.2, 0.25) is 5.43 Å². The van der Waals surface area contributed by atoms with Crippen molar-refractivity contribution in [1.82, 2.24) is 9.88 Å². The van der Waals surface area contributed by atoms with E-state index < -0.39 is 28.6 Å². The minimum atomic E-state index is -1.41. The number of carboxylic acid groups (broad SMARTS) is 1. The van der Waals surface area contributed by atoms with E-state index in [1.165, 1.54) is 35.0 Å². The van der Waals surface area contributed by atoms with Gasteiger partial charge in [-0.15, -0.1) is 0 Å². The van der Waals surface area contributed by atoms with E-state index in [-0.39, 0.29) is 5.39 Å². The van der Waals surface area contributed by atoms with Crippen LogP contribution in [0.1, 0.15) is 10.4 Å². The van der Waals surface area contributed by atoms with Crippen molar-refractivity contribution in [3.63, 3.8) is 0 Å². The summed E-state index contributed by atoms with van der Waals surface area (Å²) in [7, 11) is 0. The van der Waals surface area contributed by atoms with E-state index in [0.29, 0.717) is 43.1 Å². The summed E-state index contributed by atoms with van der Waals surface area (Å²) in [6, 6.07) is 8.05. The molecule has 2 aromatic carbocycles. The number of aromatic carboxylic acids is 1. The standard InChI is InChI=1S/C20H17F2N3O3.CH3I/c21-12-1-3-13(4-2-12)25-11-15(20(27)28)19(26)14-9-16(22)18(10-17(14)25)24-7-5-23-6-8-24;1-2/h1-4,9-11,23H,5-8H2,(H,27,28);1H3. The Balaban J connectivity index is 0.00000124. The summed E-state index contributed by atoms with van der Waals surface area (Å²) >= 11 is 2.15. The molecule has 1 aromatic heterocycles. The molecule has 0 atom stereocenters. The van der Waals surface area contributed by atoms with Gasteiger partial charge in [0.15, 0.2) is 0 Å². The third-order valence-electron chi connectivity index (χ3n) is 4.87. The molecule has 0 bridgehead atoms. The van der Waals surface area contributed by atoms with Crippen LogP contribution >= 0.6 is 22.6 Å². The Labute approximate surface area is 185 Å². The van der Waals surface area contributed by atoms with Gasteiger partial charge in [0.05, 0.1) is 11.2 Å². The number of rotatable bonds is 3. The van der Waals surface area contributed by atoms with E-state index in [9.17, 15) is 23.5 Å². The van der Waals surface area contributed by atoms with Crippen LogP contribution in [0.2, 0.25) is 0 Å². The van der Waals surface area contributed by atoms with E-state index >= 15 is 0 Å². The first kappa shape index (κ1) is 22.2. The molecule has 0 amide bonds. The number of hydrogen-bond acceptors (Lipinski definition) is 4. The molecule has 1 saturated heterocycles. The molecule has 30 heavy (non-hydrogen) atoms. The summed E-state index contributed by atoms with van der Waals surface area (Å²) in [6.45, 7) is 2.63. The van der Waals surface area contributed by atoms with E-state index in [1.807, 2.05) is 9.83 Å². The molecule has 9 heteroatoms. The first-order valence-corrected chi connectivity index (χ1v) is 11.3. The number of halogens is 3. The maximum Gasteiger partial charge on any atom is 0.341 e. The number of nitrogens with zero attached hydrogens (tertiary/aromatic N) is 2. The molecule has 0 spiro atoms. The van der Waals surface area contributed by atoms with E-state index in [1.54, 1.807) is 6.07 Å². The lowest BCUT2D eigenvalue weighted by atomic mass is 10.1. The van der Waals surface area contributed by atoms with Gasteiger partial charge in [0, 0.05) is 43.4 Å². The molecule has 3 aromatic rings. The Morgan fingerprint density at radius 2 is 1.73 bits per heavy atom. The highest BCUT2D eigenvalue weighted by Crippen LogP contribution is 2.27. The first-order valence-electron chi connectivity index (χ1n) is 9.17. The van der Waals surface area contributed by atoms with Crippen molar-refractivity contribution >= 4 is 45.2 Å². The van der Waals surface area contributed by atoms with Gasteiger partial charge in [0.25, 0.3) is 0 Å². The summed E-state index contributed by atoms with van der Waals surface area (Å²) in [5.41, 5.74) is -0.0755. The Kier molecular flexibility index (Phi) is 7.03. The number of hydrogen-bond donors (Lipinski definition) is 2. The number of anilines is 1. The number of piperazine rings is 1. The molecule has 1 aliphatic rings. The molecule has 2 N–H and O–H groups in total. The highest BCUT2D eigenvalue weighted by atomic mass is 127. The predicted molar refractivity (Wildman–Crippen MR) is 121 cm³/mol. The van der Waals surface area contributed by atoms with Crippen molar-refractivity contribution in [3.8, 4) is 5.69 Å². The van der Waals surface area contributed by atoms with Crippen LogP contribution in [0.4, 0.5) is 14.5 Å². The van der Waals surface area contributed by atoms with Gasteiger partial charge in [-0.3, -0.25) is 4.79 Å². The molecule has 0 radical (unpaired) electrons. The van der Waals surface area contributed by atoms with Gasteiger partial charge in [-0.25, -0.2) is 13.6 Å². The average molecular weight is 527 g/mol. The van der Waals surface area contributed by atoms with Gasteiger partial charge >= 0.3 is 5.97 Å². The Morgan fingerprint density at radius 1 is 1.10 bits per heavy atom. The fourth-order valence-corrected chi connectivity index (χ4v) is 3.45. The summed E-state index contributed by atoms with van der Waals surface area (Å²) in [4.78, 5) is 28.0. The summed E-state index contributed by atoms with van der Waals surface area (Å²) in [5.74, 6) is -2.44. The molecule has 1 aliphatic heterocycles. The normalized spacial score (nSPS) is 13.7. The zero-order chi connectivity index (χ0) is 21.8. The monoisotopic (exact) mass is 527 g/mol. The van der Waals surface area contributed by atoms with E-state index in [2.05, 4.69) is 27.9 Å². The lowest BCUT2D eigenvalue weighted by molar-refractivity contribution is 0.0695. The number of aromatic nitrogens is 1. The first-order chi connectivity index (χ1) is 14.5. The summed E-state index contributed by atoms with van der Waals surface area (Å²) < 4.78 is 29.6. The number of pyridine rings is 1. The molecule has 1 fully saturated rings. The lowest BCUT2D eigenvalue weighted by Gasteiger charge is -2.30. The molecular formula is C21H20F2IN3O3. The maximum absolute atomic E-state index is 14.8. The number of alkyl halides is 1. The fourth-order valence-electron chi connectivity index (χ4n) is 3.45. The smallest absolute Gasteiger partial charge is 0.341 e. The fraction of sp³-hybridized carbons (Fsp3) is 0.238. The highest BCUT2D eigenvalue weighted by molar-refractivity contribution is 14.1. The van der Waals surface area contributed by atoms with Crippen LogP contribution in [-0.4, -0.2) is 46.8 Å². The average Bonchev–Trinajstić information content (AvgIpc) is 2.76. The minimum Gasteiger partial charge on any atom is -0.477 e. The molecule has 0 aliphatic carbocycles. The predicted octanol–water partition coefficient (Wildman–Crippen LogP) is 3.43. The highest BCUT2D eigenvalue weighted by Gasteiger charge is 2.20. The van der Waals surface area contributed by atoms with Gasteiger partial charge in [-0.1, -0.05) is 22.6 Å². The number of carbonyl (C=O) groups is 1. The van der Waals surface area contributed by atoms with Crippen LogP contribution in [0, 0.1) is 11.6 Å². The van der Waals surface area contributed by atoms with Gasteiger partial charge in [0.1, 0.15) is 17.2 Å². The Morgan fingerprint density at radius 3 is 2.33 bits per heavy atom. The van der Waals surface area contributed by atoms with E-state index in [4.69, 9.17) is 0 Å². The molecule has 0 saturated carbocycles. The number of carboxylic acids is 1. The Bertz CT molecular complexity index is 1130. The SMILES string of the molecule is CI.O=C(O)c1cn(-c2ccc(F)cc2)c2cc(N3CCNCC3)c(F)cc2c1=O. The maximum atomic E-state index is 14.8. The number of nitrogens with one attached hydrogen (secondary N) is 1. The summed E-state index contributed by atoms with van der Waals surface area (Å²) in [6.07, 6.45) is 1.19. The van der Waals surface area contributed by atoms with Crippen molar-refractivity contribution in [2.45, 2.75) is 0 Å². The van der Waals surface area contributed by atoms with Crippen LogP contribution in [0.15, 0.2) is 47.4 Å². The third-order valence-corrected chi connectivity index (χ3v) is 4.87. The van der Waals surface area contributed by atoms with Crippen molar-refractivity contribution in [3.05, 3.63) is 70.0 Å². The zero-order valence-electron chi connectivity index (χ0n) is 16.2. The Hall–Kier alpha value is -2.53. The number of benzene rings is 2. The zero-order valence-corrected chi connectivity index (χ0v) is 18.3. The minimum absolute atomic E-state index is 0.0411. The van der Waals surface area contributed by atoms with Crippen molar-refractivity contribution in [2.75, 3.05) is 36.0 Å². The summed E-state index contributed by atoms with van der Waals surface area (Å²) in [5, 5.41) is 12.5. The van der Waals surface area contributed by atoms with Gasteiger partial charge < -0.3 is 19.9 Å². The van der Waals surface area contributed by atoms with Crippen molar-refractivity contribution in [2.24, 2.45) is 0 Å². The largest absolute Gasteiger partial charge is 0.477 e. The molecule has 0 unspecified atom stereocenters. The van der Waals surface area contributed by atoms with Crippen molar-refractivity contribution < 1.29 is 18.7 Å². The van der Waals surface area contributed by atoms with Gasteiger partial charge in [-0.05, 0) is 41.3 Å². The molecule has 4 rings (SSSR count). The van der Waals surface area contributed by atoms with Crippen LogP contribution in [-0.2, 0) is 0 Å². The molecule has 6 nitrogen and oxygen atoms in total. The van der Waals surface area contributed by atoms with Crippen LogP contribution in [0.3, 0.4) is 0 Å². The second kappa shape index (κ2) is 9.52. The second-order valence-electron chi connectivity index (χ2n) is 6.58. The van der Waals surface area contributed by atoms with Gasteiger partial charge in [-0.2, -0.15) is 0 Å². The number of fused-ring (bicyclic) bond motifs is 1. The molecule has 2 heterocycles. The molecule has 158 valence electrons. The lowest BCUT2D eigenvalue weighted by Crippen LogP contribution is -2.43. The second-order valence-corrected chi connectivity index (χ2v) is 6.58. The van der Waals surface area contributed by atoms with Crippen LogP contribution in [0.25, 0.3) is 16.6 Å². The van der Waals surface area contributed by atoms with Crippen LogP contribution < -0.4 is 15.6 Å². The van der Waals surface area contributed by atoms with Crippen molar-refractivity contribution in [1.29, 1.82) is 0 Å². The topological polar surface area (TPSA) is 74.6 Å². The third kappa shape index (κ3) is 4.31. The van der Waals surface area contributed by atoms with Crippen LogP contribution in [0.5, 0.6) is 0 Å². The molecular weight excluding hydrogens is 507 g/mol.